The van der Waals surface area contributed by atoms with Crippen LogP contribution in [0.5, 0.6) is 5.75 Å². The number of hydrogen-bond donors (Lipinski definition) is 1. The van der Waals surface area contributed by atoms with Crippen molar-refractivity contribution in [3.05, 3.63) is 24.3 Å². The molecule has 3 heteroatoms. The maximum absolute atomic E-state index is 5.29. The minimum absolute atomic E-state index is 0.461. The van der Waals surface area contributed by atoms with Gasteiger partial charge in [0.1, 0.15) is 5.75 Å². The van der Waals surface area contributed by atoms with Crippen LogP contribution in [0.1, 0.15) is 6.42 Å². The molecule has 0 unspecified atom stereocenters. The summed E-state index contributed by atoms with van der Waals surface area (Å²) in [5.74, 6) is 0.887. The van der Waals surface area contributed by atoms with E-state index < -0.39 is 0 Å². The van der Waals surface area contributed by atoms with Gasteiger partial charge < -0.3 is 14.8 Å². The molecule has 1 saturated heterocycles. The second-order valence-electron chi connectivity index (χ2n) is 3.43. The average molecular weight is 193 g/mol. The fraction of sp³-hybridized carbons (Fsp3) is 0.455. The maximum atomic E-state index is 5.29. The van der Waals surface area contributed by atoms with Crippen molar-refractivity contribution in [3.8, 4) is 5.75 Å². The van der Waals surface area contributed by atoms with Crippen molar-refractivity contribution in [1.82, 2.24) is 0 Å². The lowest BCUT2D eigenvalue weighted by Crippen LogP contribution is -2.18. The normalized spacial score (nSPS) is 20.8. The molecule has 1 fully saturated rings. The van der Waals surface area contributed by atoms with Crippen LogP contribution in [-0.2, 0) is 4.74 Å². The predicted octanol–water partition coefficient (Wildman–Crippen LogP) is 1.90. The zero-order valence-corrected chi connectivity index (χ0v) is 8.32. The van der Waals surface area contributed by atoms with Crippen LogP contribution in [0.2, 0.25) is 0 Å². The molecular weight excluding hydrogens is 178 g/mol. The van der Waals surface area contributed by atoms with Crippen LogP contribution in [0.3, 0.4) is 0 Å². The summed E-state index contributed by atoms with van der Waals surface area (Å²) >= 11 is 0. The first-order valence-electron chi connectivity index (χ1n) is 4.87. The summed E-state index contributed by atoms with van der Waals surface area (Å²) in [6.07, 6.45) is 1.09. The highest BCUT2D eigenvalue weighted by molar-refractivity contribution is 5.47. The Kier molecular flexibility index (Phi) is 2.89. The third-order valence-corrected chi connectivity index (χ3v) is 2.39. The zero-order chi connectivity index (χ0) is 9.80. The van der Waals surface area contributed by atoms with E-state index in [1.165, 1.54) is 0 Å². The quantitative estimate of drug-likeness (QED) is 0.795. The molecule has 76 valence electrons. The smallest absolute Gasteiger partial charge is 0.119 e. The Morgan fingerprint density at radius 2 is 2.14 bits per heavy atom. The van der Waals surface area contributed by atoms with E-state index in [0.29, 0.717) is 6.04 Å². The molecule has 0 aromatic heterocycles. The van der Waals surface area contributed by atoms with E-state index in [4.69, 9.17) is 9.47 Å². The zero-order valence-electron chi connectivity index (χ0n) is 8.32. The van der Waals surface area contributed by atoms with Crippen LogP contribution in [0.15, 0.2) is 24.3 Å². The molecule has 1 heterocycles. The van der Waals surface area contributed by atoms with E-state index in [-0.39, 0.29) is 0 Å². The number of anilines is 1. The van der Waals surface area contributed by atoms with Crippen molar-refractivity contribution in [2.24, 2.45) is 0 Å². The van der Waals surface area contributed by atoms with Gasteiger partial charge in [-0.15, -0.1) is 0 Å². The highest BCUT2D eigenvalue weighted by atomic mass is 16.5. The molecular formula is C11H15NO2. The van der Waals surface area contributed by atoms with Crippen molar-refractivity contribution in [3.63, 3.8) is 0 Å². The van der Waals surface area contributed by atoms with E-state index in [0.717, 1.165) is 31.1 Å². The molecule has 1 aromatic carbocycles. The molecule has 0 radical (unpaired) electrons. The van der Waals surface area contributed by atoms with Gasteiger partial charge in [-0.1, -0.05) is 0 Å². The lowest BCUT2D eigenvalue weighted by molar-refractivity contribution is 0.195. The standard InChI is InChI=1S/C11H15NO2/c1-13-11-4-2-9(3-5-11)12-10-6-7-14-8-10/h2-5,10,12H,6-8H2,1H3/t10-/m0/s1. The first-order chi connectivity index (χ1) is 6.88. The second kappa shape index (κ2) is 4.33. The molecule has 3 nitrogen and oxygen atoms in total. The molecule has 1 aliphatic heterocycles. The first-order valence-corrected chi connectivity index (χ1v) is 4.87. The summed E-state index contributed by atoms with van der Waals surface area (Å²) < 4.78 is 10.4. The predicted molar refractivity (Wildman–Crippen MR) is 55.8 cm³/mol. The number of rotatable bonds is 3. The summed E-state index contributed by atoms with van der Waals surface area (Å²) in [5, 5.41) is 3.41. The van der Waals surface area contributed by atoms with Gasteiger partial charge in [0.2, 0.25) is 0 Å². The van der Waals surface area contributed by atoms with E-state index in [2.05, 4.69) is 5.32 Å². The Balaban J connectivity index is 1.95. The Labute approximate surface area is 84.0 Å². The Hall–Kier alpha value is -1.22. The van der Waals surface area contributed by atoms with Gasteiger partial charge in [0, 0.05) is 12.3 Å². The van der Waals surface area contributed by atoms with Gasteiger partial charge in [0.15, 0.2) is 0 Å². The fourth-order valence-corrected chi connectivity index (χ4v) is 1.57. The van der Waals surface area contributed by atoms with Gasteiger partial charge >= 0.3 is 0 Å². The van der Waals surface area contributed by atoms with Crippen molar-refractivity contribution in [1.29, 1.82) is 0 Å². The molecule has 1 N–H and O–H groups in total. The molecule has 0 saturated carbocycles. The van der Waals surface area contributed by atoms with Crippen molar-refractivity contribution >= 4 is 5.69 Å². The first kappa shape index (κ1) is 9.34. The summed E-state index contributed by atoms with van der Waals surface area (Å²) in [6.45, 7) is 1.68. The van der Waals surface area contributed by atoms with E-state index in [1.54, 1.807) is 7.11 Å². The number of ether oxygens (including phenoxy) is 2. The van der Waals surface area contributed by atoms with Crippen LogP contribution < -0.4 is 10.1 Å². The highest BCUT2D eigenvalue weighted by Crippen LogP contribution is 2.17. The minimum Gasteiger partial charge on any atom is -0.497 e. The molecule has 1 aliphatic rings. The topological polar surface area (TPSA) is 30.5 Å². The van der Waals surface area contributed by atoms with Gasteiger partial charge in [-0.3, -0.25) is 0 Å². The average Bonchev–Trinajstić information content (AvgIpc) is 2.72. The Morgan fingerprint density at radius 1 is 1.36 bits per heavy atom. The van der Waals surface area contributed by atoms with E-state index >= 15 is 0 Å². The minimum atomic E-state index is 0.461. The molecule has 14 heavy (non-hydrogen) atoms. The molecule has 0 amide bonds. The molecule has 0 bridgehead atoms. The van der Waals surface area contributed by atoms with Crippen LogP contribution in [0.25, 0.3) is 0 Å². The summed E-state index contributed by atoms with van der Waals surface area (Å²) in [5.41, 5.74) is 1.13. The van der Waals surface area contributed by atoms with Gasteiger partial charge in [-0.05, 0) is 30.7 Å². The SMILES string of the molecule is COc1ccc(N[C@H]2CCOC2)cc1. The monoisotopic (exact) mass is 193 g/mol. The van der Waals surface area contributed by atoms with Crippen molar-refractivity contribution in [2.45, 2.75) is 12.5 Å². The molecule has 1 aromatic rings. The maximum Gasteiger partial charge on any atom is 0.119 e. The van der Waals surface area contributed by atoms with Crippen molar-refractivity contribution < 1.29 is 9.47 Å². The summed E-state index contributed by atoms with van der Waals surface area (Å²) in [6, 6.07) is 8.42. The van der Waals surface area contributed by atoms with Gasteiger partial charge in [-0.25, -0.2) is 0 Å². The van der Waals surface area contributed by atoms with Crippen LogP contribution in [0.4, 0.5) is 5.69 Å². The number of benzene rings is 1. The Morgan fingerprint density at radius 3 is 2.71 bits per heavy atom. The van der Waals surface area contributed by atoms with Crippen molar-refractivity contribution in [2.75, 3.05) is 25.6 Å². The third kappa shape index (κ3) is 2.17. The van der Waals surface area contributed by atoms with Gasteiger partial charge in [0.05, 0.1) is 19.8 Å². The van der Waals surface area contributed by atoms with E-state index in [9.17, 15) is 0 Å². The number of nitrogens with one attached hydrogen (secondary N) is 1. The van der Waals surface area contributed by atoms with Crippen LogP contribution in [0, 0.1) is 0 Å². The van der Waals surface area contributed by atoms with Crippen LogP contribution >= 0.6 is 0 Å². The molecule has 0 aliphatic carbocycles. The van der Waals surface area contributed by atoms with E-state index in [1.807, 2.05) is 24.3 Å². The molecule has 2 rings (SSSR count). The van der Waals surface area contributed by atoms with Crippen LogP contribution in [-0.4, -0.2) is 26.4 Å². The molecule has 0 spiro atoms. The number of hydrogen-bond acceptors (Lipinski definition) is 3. The molecule has 1 atom stereocenters. The number of methoxy groups -OCH3 is 1. The highest BCUT2D eigenvalue weighted by Gasteiger charge is 2.14. The fourth-order valence-electron chi connectivity index (χ4n) is 1.57. The largest absolute Gasteiger partial charge is 0.497 e. The summed E-state index contributed by atoms with van der Waals surface area (Å²) in [4.78, 5) is 0. The lowest BCUT2D eigenvalue weighted by Gasteiger charge is -2.12. The second-order valence-corrected chi connectivity index (χ2v) is 3.43. The Bertz CT molecular complexity index is 278. The van der Waals surface area contributed by atoms with Gasteiger partial charge in [0.25, 0.3) is 0 Å². The third-order valence-electron chi connectivity index (χ3n) is 2.39. The summed E-state index contributed by atoms with van der Waals surface area (Å²) in [7, 11) is 1.67. The van der Waals surface area contributed by atoms with Gasteiger partial charge in [-0.2, -0.15) is 0 Å². The lowest BCUT2D eigenvalue weighted by atomic mass is 10.2.